The molecule has 0 saturated carbocycles. The van der Waals surface area contributed by atoms with Gasteiger partial charge in [-0.15, -0.1) is 0 Å². The van der Waals surface area contributed by atoms with Crippen LogP contribution in [0.15, 0.2) is 42.5 Å². The summed E-state index contributed by atoms with van der Waals surface area (Å²) in [5.74, 6) is 0.304. The second-order valence-corrected chi connectivity index (χ2v) is 6.52. The van der Waals surface area contributed by atoms with E-state index in [1.807, 2.05) is 32.0 Å². The number of hydrogen-bond donors (Lipinski definition) is 1. The van der Waals surface area contributed by atoms with Crippen molar-refractivity contribution in [1.29, 1.82) is 0 Å². The van der Waals surface area contributed by atoms with Gasteiger partial charge in [-0.05, 0) is 49.7 Å². The number of halogens is 1. The normalized spacial score (nSPS) is 16.7. The summed E-state index contributed by atoms with van der Waals surface area (Å²) < 4.78 is 5.68. The minimum atomic E-state index is -0.258. The van der Waals surface area contributed by atoms with Crippen LogP contribution >= 0.6 is 11.6 Å². The molecule has 1 aliphatic rings. The Kier molecular flexibility index (Phi) is 4.95. The molecule has 0 aromatic heterocycles. The molecule has 0 fully saturated rings. The Morgan fingerprint density at radius 2 is 2.08 bits per heavy atom. The molecule has 1 atom stereocenters. The van der Waals surface area contributed by atoms with Gasteiger partial charge < -0.3 is 15.0 Å². The number of anilines is 2. The van der Waals surface area contributed by atoms with Crippen molar-refractivity contribution >= 4 is 34.8 Å². The second kappa shape index (κ2) is 7.15. The average molecular weight is 359 g/mol. The smallest absolute Gasteiger partial charge is 0.265 e. The minimum Gasteiger partial charge on any atom is -0.483 e. The van der Waals surface area contributed by atoms with E-state index in [4.69, 9.17) is 16.3 Å². The topological polar surface area (TPSA) is 58.6 Å². The number of para-hydroxylation sites is 2. The third-order valence-electron chi connectivity index (χ3n) is 4.12. The van der Waals surface area contributed by atoms with Gasteiger partial charge in [0, 0.05) is 17.5 Å². The van der Waals surface area contributed by atoms with E-state index in [1.165, 1.54) is 0 Å². The van der Waals surface area contributed by atoms with Crippen molar-refractivity contribution in [3.63, 3.8) is 0 Å². The summed E-state index contributed by atoms with van der Waals surface area (Å²) in [6.07, 6.45) is 0.237. The zero-order valence-electron chi connectivity index (χ0n) is 14.1. The Balaban J connectivity index is 1.81. The lowest BCUT2D eigenvalue weighted by molar-refractivity contribution is -0.121. The maximum atomic E-state index is 12.8. The first-order chi connectivity index (χ1) is 12.0. The van der Waals surface area contributed by atoms with E-state index >= 15 is 0 Å². The van der Waals surface area contributed by atoms with E-state index in [2.05, 4.69) is 5.32 Å². The Hall–Kier alpha value is -2.53. The SMILES string of the molecule is Cc1cc(Cl)ccc1OCC(=O)N1c2ccccc2NC(=O)C[C@@H]1C. The van der Waals surface area contributed by atoms with Crippen molar-refractivity contribution in [2.75, 3.05) is 16.8 Å². The van der Waals surface area contributed by atoms with E-state index in [1.54, 1.807) is 29.2 Å². The second-order valence-electron chi connectivity index (χ2n) is 6.08. The first-order valence-electron chi connectivity index (χ1n) is 8.05. The Labute approximate surface area is 151 Å². The summed E-state index contributed by atoms with van der Waals surface area (Å²) in [4.78, 5) is 26.4. The van der Waals surface area contributed by atoms with Crippen molar-refractivity contribution in [3.8, 4) is 5.75 Å². The predicted molar refractivity (Wildman–Crippen MR) is 98.3 cm³/mol. The molecule has 1 aliphatic heterocycles. The molecule has 5 nitrogen and oxygen atoms in total. The first kappa shape index (κ1) is 17.3. The molecule has 0 saturated heterocycles. The van der Waals surface area contributed by atoms with Crippen LogP contribution in [0.25, 0.3) is 0 Å². The highest BCUT2D eigenvalue weighted by atomic mass is 35.5. The maximum Gasteiger partial charge on any atom is 0.265 e. The fourth-order valence-corrected chi connectivity index (χ4v) is 3.18. The Bertz CT molecular complexity index is 822. The van der Waals surface area contributed by atoms with Crippen LogP contribution in [0.2, 0.25) is 5.02 Å². The molecule has 1 heterocycles. The number of carbonyl (C=O) groups is 2. The number of ether oxygens (including phenoxy) is 1. The fraction of sp³-hybridized carbons (Fsp3) is 0.263. The van der Waals surface area contributed by atoms with E-state index in [-0.39, 0.29) is 30.9 Å². The van der Waals surface area contributed by atoms with Crippen LogP contribution < -0.4 is 15.0 Å². The van der Waals surface area contributed by atoms with Crippen molar-refractivity contribution in [3.05, 3.63) is 53.1 Å². The lowest BCUT2D eigenvalue weighted by Gasteiger charge is -2.27. The molecule has 0 bridgehead atoms. The lowest BCUT2D eigenvalue weighted by atomic mass is 10.1. The Morgan fingerprint density at radius 1 is 1.32 bits per heavy atom. The van der Waals surface area contributed by atoms with Gasteiger partial charge >= 0.3 is 0 Å². The van der Waals surface area contributed by atoms with Crippen LogP contribution in [0.5, 0.6) is 5.75 Å². The van der Waals surface area contributed by atoms with Crippen molar-refractivity contribution in [2.24, 2.45) is 0 Å². The van der Waals surface area contributed by atoms with Gasteiger partial charge in [0.1, 0.15) is 5.75 Å². The van der Waals surface area contributed by atoms with Gasteiger partial charge in [0.25, 0.3) is 5.91 Å². The quantitative estimate of drug-likeness (QED) is 0.908. The molecule has 3 rings (SSSR count). The van der Waals surface area contributed by atoms with E-state index in [9.17, 15) is 9.59 Å². The molecule has 0 radical (unpaired) electrons. The monoisotopic (exact) mass is 358 g/mol. The van der Waals surface area contributed by atoms with Gasteiger partial charge in [-0.1, -0.05) is 23.7 Å². The van der Waals surface area contributed by atoms with Crippen molar-refractivity contribution in [1.82, 2.24) is 0 Å². The summed E-state index contributed by atoms with van der Waals surface area (Å²) in [5, 5.41) is 3.46. The lowest BCUT2D eigenvalue weighted by Crippen LogP contribution is -2.41. The molecule has 25 heavy (non-hydrogen) atoms. The van der Waals surface area contributed by atoms with E-state index < -0.39 is 0 Å². The highest BCUT2D eigenvalue weighted by Crippen LogP contribution is 2.31. The highest BCUT2D eigenvalue weighted by molar-refractivity contribution is 6.30. The van der Waals surface area contributed by atoms with E-state index in [0.29, 0.717) is 22.1 Å². The number of amides is 2. The number of rotatable bonds is 3. The number of hydrogen-bond acceptors (Lipinski definition) is 3. The average Bonchev–Trinajstić information content (AvgIpc) is 2.68. The molecule has 130 valence electrons. The number of carbonyl (C=O) groups excluding carboxylic acids is 2. The third kappa shape index (κ3) is 3.77. The standard InChI is InChI=1S/C19H19ClN2O3/c1-12-9-14(20)7-8-17(12)25-11-19(24)22-13(2)10-18(23)21-15-5-3-4-6-16(15)22/h3-9,13H,10-11H2,1-2H3,(H,21,23)/t13-/m0/s1. The summed E-state index contributed by atoms with van der Waals surface area (Å²) in [6.45, 7) is 3.61. The van der Waals surface area contributed by atoms with Gasteiger partial charge in [-0.25, -0.2) is 0 Å². The van der Waals surface area contributed by atoms with Gasteiger partial charge in [0.2, 0.25) is 5.91 Å². The molecule has 1 N–H and O–H groups in total. The molecule has 2 amide bonds. The largest absolute Gasteiger partial charge is 0.483 e. The summed E-state index contributed by atoms with van der Waals surface area (Å²) in [5.41, 5.74) is 2.18. The molecular weight excluding hydrogens is 340 g/mol. The van der Waals surface area contributed by atoms with Crippen LogP contribution in [0.4, 0.5) is 11.4 Å². The molecule has 2 aromatic carbocycles. The molecular formula is C19H19ClN2O3. The molecule has 6 heteroatoms. The van der Waals surface area contributed by atoms with Crippen LogP contribution in [0.3, 0.4) is 0 Å². The number of fused-ring (bicyclic) bond motifs is 1. The molecule has 0 spiro atoms. The molecule has 0 aliphatic carbocycles. The number of nitrogens with zero attached hydrogens (tertiary/aromatic N) is 1. The van der Waals surface area contributed by atoms with Gasteiger partial charge in [0.15, 0.2) is 6.61 Å². The van der Waals surface area contributed by atoms with Crippen LogP contribution in [-0.4, -0.2) is 24.5 Å². The fourth-order valence-electron chi connectivity index (χ4n) is 2.95. The van der Waals surface area contributed by atoms with Crippen molar-refractivity contribution < 1.29 is 14.3 Å². The van der Waals surface area contributed by atoms with Crippen LogP contribution in [-0.2, 0) is 9.59 Å². The van der Waals surface area contributed by atoms with Gasteiger partial charge in [-0.3, -0.25) is 9.59 Å². The molecule has 0 unspecified atom stereocenters. The first-order valence-corrected chi connectivity index (χ1v) is 8.43. The van der Waals surface area contributed by atoms with Crippen molar-refractivity contribution in [2.45, 2.75) is 26.3 Å². The van der Waals surface area contributed by atoms with Crippen LogP contribution in [0.1, 0.15) is 18.9 Å². The summed E-state index contributed by atoms with van der Waals surface area (Å²) in [7, 11) is 0. The zero-order valence-corrected chi connectivity index (χ0v) is 14.8. The Morgan fingerprint density at radius 3 is 2.84 bits per heavy atom. The number of nitrogens with one attached hydrogen (secondary N) is 1. The maximum absolute atomic E-state index is 12.8. The highest BCUT2D eigenvalue weighted by Gasteiger charge is 2.29. The van der Waals surface area contributed by atoms with Gasteiger partial charge in [0.05, 0.1) is 11.4 Å². The third-order valence-corrected chi connectivity index (χ3v) is 4.35. The minimum absolute atomic E-state index is 0.107. The number of benzene rings is 2. The summed E-state index contributed by atoms with van der Waals surface area (Å²) >= 11 is 5.94. The van der Waals surface area contributed by atoms with Gasteiger partial charge in [-0.2, -0.15) is 0 Å². The zero-order chi connectivity index (χ0) is 18.0. The summed E-state index contributed by atoms with van der Waals surface area (Å²) in [6, 6.07) is 12.3. The van der Waals surface area contributed by atoms with Crippen LogP contribution in [0, 0.1) is 6.92 Å². The van der Waals surface area contributed by atoms with E-state index in [0.717, 1.165) is 5.56 Å². The number of aryl methyl sites for hydroxylation is 1. The molecule has 2 aromatic rings. The predicted octanol–water partition coefficient (Wildman–Crippen LogP) is 3.79.